The molecule has 6 nitrogen and oxygen atoms in total. The lowest BCUT2D eigenvalue weighted by atomic mass is 10.0. The number of pyridine rings is 1. The predicted octanol–water partition coefficient (Wildman–Crippen LogP) is 9.74. The van der Waals surface area contributed by atoms with Crippen LogP contribution in [0.1, 0.15) is 110 Å². The third-order valence-corrected chi connectivity index (χ3v) is 9.03. The number of benzene rings is 3. The zero-order valence-electron chi connectivity index (χ0n) is 26.0. The van der Waals surface area contributed by atoms with Crippen molar-refractivity contribution in [3.05, 3.63) is 65.0 Å². The van der Waals surface area contributed by atoms with Crippen LogP contribution in [0.15, 0.2) is 59.4 Å². The first-order valence-electron chi connectivity index (χ1n) is 16.8. The van der Waals surface area contributed by atoms with Crippen molar-refractivity contribution >= 4 is 49.9 Å². The maximum absolute atomic E-state index is 13.6. The summed E-state index contributed by atoms with van der Waals surface area (Å²) >= 11 is 0. The molecule has 2 aromatic heterocycles. The first-order chi connectivity index (χ1) is 21.1. The lowest BCUT2D eigenvalue weighted by Gasteiger charge is -2.20. The lowest BCUT2D eigenvalue weighted by molar-refractivity contribution is 0.253. The molecule has 43 heavy (non-hydrogen) atoms. The van der Waals surface area contributed by atoms with Crippen molar-refractivity contribution in [3.8, 4) is 0 Å². The second-order valence-corrected chi connectivity index (χ2v) is 12.3. The quantitative estimate of drug-likeness (QED) is 0.105. The van der Waals surface area contributed by atoms with Gasteiger partial charge in [0.25, 0.3) is 5.56 Å². The molecule has 5 aromatic rings. The molecule has 5 rings (SSSR count). The van der Waals surface area contributed by atoms with E-state index in [0.29, 0.717) is 28.8 Å². The van der Waals surface area contributed by atoms with Crippen LogP contribution < -0.4 is 16.2 Å². The molecule has 0 aliphatic rings. The first kappa shape index (κ1) is 30.8. The van der Waals surface area contributed by atoms with E-state index >= 15 is 0 Å². The molecular weight excluding hydrogens is 532 g/mol. The van der Waals surface area contributed by atoms with Gasteiger partial charge in [0.1, 0.15) is 5.65 Å². The molecule has 6 heteroatoms. The van der Waals surface area contributed by atoms with Gasteiger partial charge in [0, 0.05) is 28.4 Å². The minimum atomic E-state index is -0.472. The van der Waals surface area contributed by atoms with Crippen LogP contribution in [0.3, 0.4) is 0 Å². The predicted molar refractivity (Wildman–Crippen MR) is 182 cm³/mol. The summed E-state index contributed by atoms with van der Waals surface area (Å²) in [7, 11) is 0. The van der Waals surface area contributed by atoms with Crippen LogP contribution in [-0.2, 0) is 0 Å². The van der Waals surface area contributed by atoms with Crippen molar-refractivity contribution in [1.29, 1.82) is 0 Å². The maximum atomic E-state index is 13.6. The van der Waals surface area contributed by atoms with Crippen molar-refractivity contribution in [1.82, 2.24) is 9.38 Å². The smallest absolute Gasteiger partial charge is 0.319 e. The molecule has 228 valence electrons. The largest absolute Gasteiger partial charge is 0.351 e. The molecule has 0 spiro atoms. The normalized spacial score (nSPS) is 11.8. The number of unbranched alkanes of at least 4 members (excludes halogenated alkanes) is 15. The number of fused-ring (bicyclic) bond motifs is 4. The fraction of sp³-hybridized carbons (Fsp3) is 0.486. The average Bonchev–Trinajstić information content (AvgIpc) is 3.40. The third kappa shape index (κ3) is 7.29. The summed E-state index contributed by atoms with van der Waals surface area (Å²) in [6, 6.07) is 17.0. The number of carbonyl (C=O) groups is 1. The van der Waals surface area contributed by atoms with Crippen LogP contribution in [0.4, 0.5) is 10.5 Å². The van der Waals surface area contributed by atoms with Crippen LogP contribution in [0, 0.1) is 0 Å². The summed E-state index contributed by atoms with van der Waals surface area (Å²) < 4.78 is 1.68. The van der Waals surface area contributed by atoms with Gasteiger partial charge in [0.2, 0.25) is 0 Å². The zero-order valence-corrected chi connectivity index (χ0v) is 26.0. The Kier molecular flexibility index (Phi) is 10.9. The van der Waals surface area contributed by atoms with Crippen LogP contribution in [-0.4, -0.2) is 22.0 Å². The van der Waals surface area contributed by atoms with Crippen molar-refractivity contribution in [2.24, 2.45) is 5.73 Å². The molecule has 0 unspecified atom stereocenters. The van der Waals surface area contributed by atoms with E-state index in [2.05, 4.69) is 6.92 Å². The number of imidazole rings is 1. The lowest BCUT2D eigenvalue weighted by Crippen LogP contribution is -2.36. The van der Waals surface area contributed by atoms with Gasteiger partial charge in [0.15, 0.2) is 0 Å². The Hall–Kier alpha value is -3.67. The summed E-state index contributed by atoms with van der Waals surface area (Å²) in [5.41, 5.74) is 8.50. The van der Waals surface area contributed by atoms with E-state index in [1.54, 1.807) is 9.30 Å². The van der Waals surface area contributed by atoms with Gasteiger partial charge in [-0.25, -0.2) is 9.78 Å². The SMILES string of the molecule is CCCCCCCCCCCCCCCCCCN(C(N)=O)c1ccc2nc3c4cccc5cccc(c(=O)n3c2c1)c54. The Morgan fingerprint density at radius 3 is 1.88 bits per heavy atom. The second-order valence-electron chi connectivity index (χ2n) is 12.3. The molecule has 0 saturated carbocycles. The van der Waals surface area contributed by atoms with E-state index in [9.17, 15) is 9.59 Å². The molecule has 0 radical (unpaired) electrons. The van der Waals surface area contributed by atoms with Gasteiger partial charge in [0.05, 0.1) is 11.0 Å². The number of anilines is 1. The Morgan fingerprint density at radius 1 is 0.744 bits per heavy atom. The Bertz CT molecular complexity index is 1690. The van der Waals surface area contributed by atoms with E-state index in [0.717, 1.165) is 34.5 Å². The molecule has 0 fully saturated rings. The molecule has 2 amide bonds. The van der Waals surface area contributed by atoms with Crippen molar-refractivity contribution in [2.75, 3.05) is 11.4 Å². The highest BCUT2D eigenvalue weighted by atomic mass is 16.2. The highest BCUT2D eigenvalue weighted by Gasteiger charge is 2.18. The van der Waals surface area contributed by atoms with Crippen LogP contribution in [0.5, 0.6) is 0 Å². The van der Waals surface area contributed by atoms with Gasteiger partial charge in [-0.3, -0.25) is 14.1 Å². The zero-order chi connectivity index (χ0) is 30.0. The molecule has 0 atom stereocenters. The van der Waals surface area contributed by atoms with E-state index in [4.69, 9.17) is 10.7 Å². The number of amides is 2. The molecule has 0 saturated heterocycles. The molecule has 0 aliphatic heterocycles. The van der Waals surface area contributed by atoms with Crippen LogP contribution in [0.2, 0.25) is 0 Å². The molecule has 3 aromatic carbocycles. The van der Waals surface area contributed by atoms with Gasteiger partial charge in [-0.05, 0) is 36.1 Å². The Labute approximate surface area is 255 Å². The number of carbonyl (C=O) groups excluding carboxylic acids is 1. The summed E-state index contributed by atoms with van der Waals surface area (Å²) in [4.78, 5) is 32.6. The van der Waals surface area contributed by atoms with Gasteiger partial charge >= 0.3 is 6.03 Å². The van der Waals surface area contributed by atoms with Gasteiger partial charge in [-0.2, -0.15) is 0 Å². The average molecular weight is 581 g/mol. The monoisotopic (exact) mass is 580 g/mol. The molecular formula is C37H48N4O2. The van der Waals surface area contributed by atoms with Gasteiger partial charge < -0.3 is 5.73 Å². The minimum absolute atomic E-state index is 0.0950. The Morgan fingerprint density at radius 2 is 1.30 bits per heavy atom. The molecule has 2 heterocycles. The molecule has 2 N–H and O–H groups in total. The number of primary amides is 1. The molecule has 0 bridgehead atoms. The first-order valence-corrected chi connectivity index (χ1v) is 16.8. The summed E-state index contributed by atoms with van der Waals surface area (Å²) in [6.45, 7) is 2.84. The number of hydrogen-bond donors (Lipinski definition) is 1. The number of nitrogens with zero attached hydrogens (tertiary/aromatic N) is 3. The Balaban J connectivity index is 1.11. The fourth-order valence-corrected chi connectivity index (χ4v) is 6.63. The summed E-state index contributed by atoms with van der Waals surface area (Å²) in [6.07, 6.45) is 20.9. The second kappa shape index (κ2) is 15.2. The number of nitrogens with two attached hydrogens (primary N) is 1. The number of hydrogen-bond acceptors (Lipinski definition) is 3. The summed E-state index contributed by atoms with van der Waals surface area (Å²) in [5.74, 6) is 0. The van der Waals surface area contributed by atoms with Crippen molar-refractivity contribution in [3.63, 3.8) is 0 Å². The van der Waals surface area contributed by atoms with Crippen molar-refractivity contribution in [2.45, 2.75) is 110 Å². The van der Waals surface area contributed by atoms with E-state index in [1.807, 2.05) is 54.6 Å². The van der Waals surface area contributed by atoms with Gasteiger partial charge in [-0.15, -0.1) is 0 Å². The maximum Gasteiger partial charge on any atom is 0.319 e. The van der Waals surface area contributed by atoms with Gasteiger partial charge in [-0.1, -0.05) is 134 Å². The fourth-order valence-electron chi connectivity index (χ4n) is 6.63. The standard InChI is InChI=1S/C37H48N4O2/c1-2-3-4-5-6-7-8-9-10-11-12-13-14-15-16-17-26-40(37(38)43)29-24-25-32-33(27-29)41-35(39-32)30-22-18-20-28-21-19-23-31(34(28)30)36(41)42/h18-25,27H,2-17,26H2,1H3,(H2,38,43). The van der Waals surface area contributed by atoms with E-state index in [1.165, 1.54) is 89.9 Å². The minimum Gasteiger partial charge on any atom is -0.351 e. The summed E-state index contributed by atoms with van der Waals surface area (Å²) in [5, 5.41) is 3.59. The number of rotatable bonds is 18. The van der Waals surface area contributed by atoms with E-state index in [-0.39, 0.29) is 5.56 Å². The third-order valence-electron chi connectivity index (χ3n) is 9.03. The van der Waals surface area contributed by atoms with E-state index < -0.39 is 6.03 Å². The topological polar surface area (TPSA) is 80.7 Å². The van der Waals surface area contributed by atoms with Crippen LogP contribution in [0.25, 0.3) is 38.2 Å². The highest BCUT2D eigenvalue weighted by molar-refractivity contribution is 6.15. The van der Waals surface area contributed by atoms with Crippen LogP contribution >= 0.6 is 0 Å². The highest BCUT2D eigenvalue weighted by Crippen LogP contribution is 2.31. The van der Waals surface area contributed by atoms with Crippen molar-refractivity contribution < 1.29 is 4.79 Å². The molecule has 0 aliphatic carbocycles. The number of urea groups is 1. The number of aromatic nitrogens is 2.